The summed E-state index contributed by atoms with van der Waals surface area (Å²) in [6.45, 7) is 0.480. The van der Waals surface area contributed by atoms with Gasteiger partial charge in [0.25, 0.3) is 0 Å². The van der Waals surface area contributed by atoms with Gasteiger partial charge in [-0.15, -0.1) is 11.8 Å². The number of carbonyl (C=O) groups is 2. The Kier molecular flexibility index (Phi) is 8.17. The van der Waals surface area contributed by atoms with E-state index in [2.05, 4.69) is 10.6 Å². The van der Waals surface area contributed by atoms with Crippen molar-refractivity contribution in [1.82, 2.24) is 10.2 Å². The first-order valence-corrected chi connectivity index (χ1v) is 11.3. The summed E-state index contributed by atoms with van der Waals surface area (Å²) in [7, 11) is 1.73. The summed E-state index contributed by atoms with van der Waals surface area (Å²) in [5, 5.41) is 6.36. The van der Waals surface area contributed by atoms with Crippen LogP contribution in [0.25, 0.3) is 11.3 Å². The van der Waals surface area contributed by atoms with Crippen molar-refractivity contribution >= 4 is 40.9 Å². The van der Waals surface area contributed by atoms with Gasteiger partial charge in [0, 0.05) is 15.5 Å². The van der Waals surface area contributed by atoms with E-state index in [9.17, 15) is 9.59 Å². The Morgan fingerprint density at radius 3 is 2.45 bits per heavy atom. The largest absolute Gasteiger partial charge is 0.459 e. The number of amides is 2. The van der Waals surface area contributed by atoms with Crippen LogP contribution in [0.2, 0.25) is 5.02 Å². The quantitative estimate of drug-likeness (QED) is 0.462. The molecule has 2 amide bonds. The summed E-state index contributed by atoms with van der Waals surface area (Å²) in [4.78, 5) is 27.2. The maximum atomic E-state index is 12.3. The Balaban J connectivity index is 1.44. The first-order valence-electron chi connectivity index (χ1n) is 9.67. The SMILES string of the molecule is CSc1ccccc1NC(=O)CN(C)CC(=O)NCc1ccc(-c2ccc(Cl)cc2)o1. The molecule has 0 atom stereocenters. The molecule has 0 aliphatic carbocycles. The maximum Gasteiger partial charge on any atom is 0.238 e. The minimum atomic E-state index is -0.191. The molecule has 0 spiro atoms. The van der Waals surface area contributed by atoms with Crippen molar-refractivity contribution in [3.63, 3.8) is 0 Å². The zero-order valence-corrected chi connectivity index (χ0v) is 18.9. The number of anilines is 1. The van der Waals surface area contributed by atoms with E-state index in [1.54, 1.807) is 35.8 Å². The highest BCUT2D eigenvalue weighted by Gasteiger charge is 2.13. The number of para-hydroxylation sites is 1. The normalized spacial score (nSPS) is 10.8. The summed E-state index contributed by atoms with van der Waals surface area (Å²) in [5.74, 6) is 0.993. The van der Waals surface area contributed by atoms with Crippen molar-refractivity contribution in [2.24, 2.45) is 0 Å². The van der Waals surface area contributed by atoms with Gasteiger partial charge in [-0.2, -0.15) is 0 Å². The van der Waals surface area contributed by atoms with Gasteiger partial charge in [0.2, 0.25) is 11.8 Å². The van der Waals surface area contributed by atoms with E-state index < -0.39 is 0 Å². The summed E-state index contributed by atoms with van der Waals surface area (Å²) >= 11 is 7.47. The van der Waals surface area contributed by atoms with Crippen molar-refractivity contribution in [1.29, 1.82) is 0 Å². The number of benzene rings is 2. The highest BCUT2D eigenvalue weighted by Crippen LogP contribution is 2.25. The molecule has 1 heterocycles. The second-order valence-corrected chi connectivity index (χ2v) is 8.25. The molecule has 0 fully saturated rings. The van der Waals surface area contributed by atoms with Crippen LogP contribution in [0.4, 0.5) is 5.69 Å². The molecule has 6 nitrogen and oxygen atoms in total. The van der Waals surface area contributed by atoms with Crippen LogP contribution in [0.3, 0.4) is 0 Å². The van der Waals surface area contributed by atoms with E-state index in [4.69, 9.17) is 16.0 Å². The van der Waals surface area contributed by atoms with E-state index in [1.807, 2.05) is 54.8 Å². The molecule has 1 aromatic heterocycles. The topological polar surface area (TPSA) is 74.6 Å². The smallest absolute Gasteiger partial charge is 0.238 e. The number of thioether (sulfide) groups is 1. The highest BCUT2D eigenvalue weighted by atomic mass is 35.5. The molecule has 0 unspecified atom stereocenters. The number of nitrogens with one attached hydrogen (secondary N) is 2. The van der Waals surface area contributed by atoms with Crippen molar-refractivity contribution in [2.75, 3.05) is 31.7 Å². The number of halogens is 1. The molecule has 162 valence electrons. The molecular weight excluding hydrogens is 434 g/mol. The lowest BCUT2D eigenvalue weighted by molar-refractivity contribution is -0.123. The van der Waals surface area contributed by atoms with Crippen LogP contribution in [-0.2, 0) is 16.1 Å². The Labute approximate surface area is 191 Å². The number of furan rings is 1. The molecule has 0 aliphatic rings. The zero-order chi connectivity index (χ0) is 22.2. The molecule has 0 bridgehead atoms. The first-order chi connectivity index (χ1) is 14.9. The third kappa shape index (κ3) is 6.89. The van der Waals surface area contributed by atoms with E-state index in [0.717, 1.165) is 16.1 Å². The fourth-order valence-electron chi connectivity index (χ4n) is 2.97. The third-order valence-corrected chi connectivity index (χ3v) is 5.51. The monoisotopic (exact) mass is 457 g/mol. The Morgan fingerprint density at radius 2 is 1.71 bits per heavy atom. The summed E-state index contributed by atoms with van der Waals surface area (Å²) in [6.07, 6.45) is 1.96. The zero-order valence-electron chi connectivity index (χ0n) is 17.4. The lowest BCUT2D eigenvalue weighted by Gasteiger charge is -2.16. The Morgan fingerprint density at radius 1 is 1.00 bits per heavy atom. The van der Waals surface area contributed by atoms with Crippen LogP contribution in [0.5, 0.6) is 0 Å². The minimum Gasteiger partial charge on any atom is -0.459 e. The van der Waals surface area contributed by atoms with Gasteiger partial charge in [-0.25, -0.2) is 0 Å². The molecular formula is C23H24ClN3O3S. The van der Waals surface area contributed by atoms with Crippen LogP contribution in [0.15, 0.2) is 70.0 Å². The van der Waals surface area contributed by atoms with Gasteiger partial charge in [-0.1, -0.05) is 23.7 Å². The average molecular weight is 458 g/mol. The van der Waals surface area contributed by atoms with Crippen LogP contribution < -0.4 is 10.6 Å². The van der Waals surface area contributed by atoms with Gasteiger partial charge < -0.3 is 15.1 Å². The molecule has 31 heavy (non-hydrogen) atoms. The van der Waals surface area contributed by atoms with E-state index in [1.165, 1.54) is 0 Å². The molecule has 2 N–H and O–H groups in total. The molecule has 8 heteroatoms. The fraction of sp³-hybridized carbons (Fsp3) is 0.217. The average Bonchev–Trinajstić information content (AvgIpc) is 3.22. The predicted octanol–water partition coefficient (Wildman–Crippen LogP) is 4.51. The van der Waals surface area contributed by atoms with Crippen molar-refractivity contribution in [2.45, 2.75) is 11.4 Å². The second kappa shape index (κ2) is 11.0. The van der Waals surface area contributed by atoms with Gasteiger partial charge in [0.1, 0.15) is 11.5 Å². The molecule has 2 aromatic carbocycles. The lowest BCUT2D eigenvalue weighted by Crippen LogP contribution is -2.38. The van der Waals surface area contributed by atoms with Crippen molar-refractivity contribution < 1.29 is 14.0 Å². The van der Waals surface area contributed by atoms with Crippen LogP contribution in [-0.4, -0.2) is 43.1 Å². The van der Waals surface area contributed by atoms with Crippen molar-refractivity contribution in [3.05, 3.63) is 71.4 Å². The number of likely N-dealkylation sites (N-methyl/N-ethyl adjacent to an activating group) is 1. The number of hydrogen-bond acceptors (Lipinski definition) is 5. The molecule has 0 radical (unpaired) electrons. The second-order valence-electron chi connectivity index (χ2n) is 6.97. The summed E-state index contributed by atoms with van der Waals surface area (Å²) in [5.41, 5.74) is 1.68. The van der Waals surface area contributed by atoms with Crippen LogP contribution >= 0.6 is 23.4 Å². The molecule has 0 saturated carbocycles. The van der Waals surface area contributed by atoms with E-state index in [0.29, 0.717) is 16.5 Å². The van der Waals surface area contributed by atoms with E-state index in [-0.39, 0.29) is 31.4 Å². The molecule has 3 aromatic rings. The molecule has 3 rings (SSSR count). The predicted molar refractivity (Wildman–Crippen MR) is 125 cm³/mol. The number of rotatable bonds is 9. The molecule has 0 aliphatic heterocycles. The summed E-state index contributed by atoms with van der Waals surface area (Å²) in [6, 6.07) is 18.6. The van der Waals surface area contributed by atoms with Gasteiger partial charge in [0.15, 0.2) is 0 Å². The van der Waals surface area contributed by atoms with Gasteiger partial charge in [-0.3, -0.25) is 14.5 Å². The number of nitrogens with zero attached hydrogens (tertiary/aromatic N) is 1. The minimum absolute atomic E-state index is 0.0995. The third-order valence-electron chi connectivity index (χ3n) is 4.46. The molecule has 0 saturated heterocycles. The van der Waals surface area contributed by atoms with Gasteiger partial charge >= 0.3 is 0 Å². The maximum absolute atomic E-state index is 12.3. The standard InChI is InChI=1S/C23H24ClN3O3S/c1-27(15-23(29)26-19-5-3-4-6-21(19)31-2)14-22(28)25-13-18-11-12-20(30-18)16-7-9-17(24)10-8-16/h3-12H,13-15H2,1-2H3,(H,25,28)(H,26,29). The van der Waals surface area contributed by atoms with Crippen LogP contribution in [0.1, 0.15) is 5.76 Å². The van der Waals surface area contributed by atoms with Gasteiger partial charge in [0.05, 0.1) is 25.3 Å². The Bertz CT molecular complexity index is 1040. The lowest BCUT2D eigenvalue weighted by atomic mass is 10.2. The van der Waals surface area contributed by atoms with Gasteiger partial charge in [-0.05, 0) is 61.8 Å². The Hall–Kier alpha value is -2.74. The highest BCUT2D eigenvalue weighted by molar-refractivity contribution is 7.98. The summed E-state index contributed by atoms with van der Waals surface area (Å²) < 4.78 is 5.78. The van der Waals surface area contributed by atoms with Crippen LogP contribution in [0, 0.1) is 0 Å². The van der Waals surface area contributed by atoms with E-state index >= 15 is 0 Å². The number of hydrogen-bond donors (Lipinski definition) is 2. The number of carbonyl (C=O) groups excluding carboxylic acids is 2. The fourth-order valence-corrected chi connectivity index (χ4v) is 3.65. The van der Waals surface area contributed by atoms with Crippen molar-refractivity contribution in [3.8, 4) is 11.3 Å². The first kappa shape index (κ1) is 22.9.